The molecule has 1 fully saturated rings. The Labute approximate surface area is 105 Å². The Hall–Kier alpha value is -0.790. The van der Waals surface area contributed by atoms with E-state index in [0.29, 0.717) is 35.3 Å². The standard InChI is InChI=1S/C15H26O2/c1-7-10(2)14(16)17-9-13-8-15(5,6)12(4)11(13)3/h7,11-13H,8-9H2,1-6H3/b10-7+. The maximum atomic E-state index is 11.6. The van der Waals surface area contributed by atoms with Gasteiger partial charge in [0.2, 0.25) is 0 Å². The van der Waals surface area contributed by atoms with Gasteiger partial charge in [0, 0.05) is 5.57 Å². The van der Waals surface area contributed by atoms with E-state index < -0.39 is 0 Å². The maximum Gasteiger partial charge on any atom is 0.333 e. The van der Waals surface area contributed by atoms with Crippen LogP contribution in [-0.2, 0) is 9.53 Å². The SMILES string of the molecule is C/C=C(\C)C(=O)OCC1CC(C)(C)C(C)C1C. The van der Waals surface area contributed by atoms with Crippen molar-refractivity contribution < 1.29 is 9.53 Å². The van der Waals surface area contributed by atoms with Crippen LogP contribution in [-0.4, -0.2) is 12.6 Å². The minimum absolute atomic E-state index is 0.169. The van der Waals surface area contributed by atoms with E-state index in [2.05, 4.69) is 27.7 Å². The zero-order chi connectivity index (χ0) is 13.2. The molecule has 0 aromatic carbocycles. The lowest BCUT2D eigenvalue weighted by Crippen LogP contribution is -2.19. The van der Waals surface area contributed by atoms with Crippen LogP contribution in [0.5, 0.6) is 0 Å². The van der Waals surface area contributed by atoms with Crippen LogP contribution in [0.2, 0.25) is 0 Å². The Morgan fingerprint density at radius 2 is 2.00 bits per heavy atom. The third-order valence-electron chi connectivity index (χ3n) is 4.74. The molecule has 17 heavy (non-hydrogen) atoms. The van der Waals surface area contributed by atoms with Gasteiger partial charge in [0.05, 0.1) is 6.61 Å². The van der Waals surface area contributed by atoms with E-state index in [1.807, 2.05) is 6.92 Å². The van der Waals surface area contributed by atoms with Crippen molar-refractivity contribution in [1.29, 1.82) is 0 Å². The molecule has 0 aromatic rings. The maximum absolute atomic E-state index is 11.6. The molecule has 1 saturated carbocycles. The Morgan fingerprint density at radius 1 is 1.41 bits per heavy atom. The van der Waals surface area contributed by atoms with Crippen molar-refractivity contribution in [1.82, 2.24) is 0 Å². The van der Waals surface area contributed by atoms with Crippen molar-refractivity contribution in [2.75, 3.05) is 6.61 Å². The summed E-state index contributed by atoms with van der Waals surface area (Å²) in [4.78, 5) is 11.6. The predicted molar refractivity (Wildman–Crippen MR) is 70.6 cm³/mol. The summed E-state index contributed by atoms with van der Waals surface area (Å²) in [6.07, 6.45) is 2.95. The molecule has 2 heteroatoms. The lowest BCUT2D eigenvalue weighted by Gasteiger charge is -2.25. The van der Waals surface area contributed by atoms with Gasteiger partial charge in [-0.1, -0.05) is 33.8 Å². The summed E-state index contributed by atoms with van der Waals surface area (Å²) in [5.41, 5.74) is 1.06. The number of hydrogen-bond acceptors (Lipinski definition) is 2. The third-order valence-corrected chi connectivity index (χ3v) is 4.74. The summed E-state index contributed by atoms with van der Waals surface area (Å²) in [5, 5.41) is 0. The Bertz CT molecular complexity index is 315. The second kappa shape index (κ2) is 5.24. The van der Waals surface area contributed by atoms with E-state index in [0.717, 1.165) is 6.42 Å². The van der Waals surface area contributed by atoms with Crippen molar-refractivity contribution in [3.63, 3.8) is 0 Å². The highest BCUT2D eigenvalue weighted by Crippen LogP contribution is 2.49. The monoisotopic (exact) mass is 238 g/mol. The highest BCUT2D eigenvalue weighted by molar-refractivity contribution is 5.87. The molecule has 1 aliphatic rings. The molecule has 0 saturated heterocycles. The molecule has 0 amide bonds. The van der Waals surface area contributed by atoms with E-state index in [9.17, 15) is 4.79 Å². The largest absolute Gasteiger partial charge is 0.462 e. The molecule has 0 aromatic heterocycles. The summed E-state index contributed by atoms with van der Waals surface area (Å²) < 4.78 is 5.38. The predicted octanol–water partition coefficient (Wildman–Crippen LogP) is 3.81. The van der Waals surface area contributed by atoms with Gasteiger partial charge in [0.15, 0.2) is 0 Å². The molecule has 0 aliphatic heterocycles. The Morgan fingerprint density at radius 3 is 2.41 bits per heavy atom. The summed E-state index contributed by atoms with van der Waals surface area (Å²) >= 11 is 0. The number of allylic oxidation sites excluding steroid dienone is 1. The van der Waals surface area contributed by atoms with Gasteiger partial charge >= 0.3 is 5.97 Å². The molecule has 2 nitrogen and oxygen atoms in total. The molecule has 3 atom stereocenters. The zero-order valence-corrected chi connectivity index (χ0v) is 12.0. The highest BCUT2D eigenvalue weighted by Gasteiger charge is 2.43. The second-order valence-electron chi connectivity index (χ2n) is 6.17. The molecule has 98 valence electrons. The number of carbonyl (C=O) groups excluding carboxylic acids is 1. The van der Waals surface area contributed by atoms with Crippen LogP contribution < -0.4 is 0 Å². The first kappa shape index (κ1) is 14.3. The van der Waals surface area contributed by atoms with E-state index in [-0.39, 0.29) is 5.97 Å². The lowest BCUT2D eigenvalue weighted by atomic mass is 9.81. The van der Waals surface area contributed by atoms with Crippen LogP contribution in [0.3, 0.4) is 0 Å². The first-order chi connectivity index (χ1) is 7.79. The summed E-state index contributed by atoms with van der Waals surface area (Å²) in [7, 11) is 0. The molecule has 3 unspecified atom stereocenters. The van der Waals surface area contributed by atoms with Crippen LogP contribution in [0.25, 0.3) is 0 Å². The van der Waals surface area contributed by atoms with E-state index in [4.69, 9.17) is 4.74 Å². The summed E-state index contributed by atoms with van der Waals surface area (Å²) in [6.45, 7) is 13.4. The second-order valence-corrected chi connectivity index (χ2v) is 6.17. The summed E-state index contributed by atoms with van der Waals surface area (Å²) in [6, 6.07) is 0. The van der Waals surface area contributed by atoms with Crippen molar-refractivity contribution in [3.05, 3.63) is 11.6 Å². The van der Waals surface area contributed by atoms with Crippen LogP contribution in [0.1, 0.15) is 48.0 Å². The molecule has 0 heterocycles. The number of esters is 1. The van der Waals surface area contributed by atoms with Gasteiger partial charge in [-0.15, -0.1) is 0 Å². The van der Waals surface area contributed by atoms with E-state index >= 15 is 0 Å². The number of ether oxygens (including phenoxy) is 1. The molecule has 1 aliphatic carbocycles. The molecule has 0 radical (unpaired) electrons. The van der Waals surface area contributed by atoms with Gasteiger partial charge in [-0.25, -0.2) is 4.79 Å². The molecule has 1 rings (SSSR count). The number of hydrogen-bond donors (Lipinski definition) is 0. The van der Waals surface area contributed by atoms with Crippen LogP contribution in [0.4, 0.5) is 0 Å². The first-order valence-corrected chi connectivity index (χ1v) is 6.59. The quantitative estimate of drug-likeness (QED) is 0.552. The average molecular weight is 238 g/mol. The van der Waals surface area contributed by atoms with E-state index in [1.165, 1.54) is 0 Å². The molecule has 0 bridgehead atoms. The van der Waals surface area contributed by atoms with Crippen molar-refractivity contribution in [2.24, 2.45) is 23.2 Å². The molecular formula is C15H26O2. The third kappa shape index (κ3) is 3.11. The van der Waals surface area contributed by atoms with Gasteiger partial charge in [0.25, 0.3) is 0 Å². The van der Waals surface area contributed by atoms with E-state index in [1.54, 1.807) is 13.0 Å². The topological polar surface area (TPSA) is 26.3 Å². The van der Waals surface area contributed by atoms with Crippen LogP contribution >= 0.6 is 0 Å². The smallest absolute Gasteiger partial charge is 0.333 e. The van der Waals surface area contributed by atoms with Crippen molar-refractivity contribution >= 4 is 5.97 Å². The number of rotatable bonds is 3. The van der Waals surface area contributed by atoms with Gasteiger partial charge in [-0.05, 0) is 43.4 Å². The Kier molecular flexibility index (Phi) is 4.40. The minimum Gasteiger partial charge on any atom is -0.462 e. The van der Waals surface area contributed by atoms with Crippen LogP contribution in [0, 0.1) is 23.2 Å². The van der Waals surface area contributed by atoms with Crippen LogP contribution in [0.15, 0.2) is 11.6 Å². The molecule has 0 spiro atoms. The summed E-state index contributed by atoms with van der Waals surface area (Å²) in [5.74, 6) is 1.66. The Balaban J connectivity index is 2.52. The number of carbonyl (C=O) groups is 1. The normalized spacial score (nSPS) is 32.6. The molecular weight excluding hydrogens is 212 g/mol. The highest BCUT2D eigenvalue weighted by atomic mass is 16.5. The first-order valence-electron chi connectivity index (χ1n) is 6.59. The fourth-order valence-corrected chi connectivity index (χ4v) is 2.79. The van der Waals surface area contributed by atoms with Gasteiger partial charge in [-0.2, -0.15) is 0 Å². The lowest BCUT2D eigenvalue weighted by molar-refractivity contribution is -0.140. The van der Waals surface area contributed by atoms with Crippen molar-refractivity contribution in [3.8, 4) is 0 Å². The fourth-order valence-electron chi connectivity index (χ4n) is 2.79. The van der Waals surface area contributed by atoms with Gasteiger partial charge < -0.3 is 4.74 Å². The zero-order valence-electron chi connectivity index (χ0n) is 12.0. The average Bonchev–Trinajstić information content (AvgIpc) is 2.48. The molecule has 0 N–H and O–H groups in total. The van der Waals surface area contributed by atoms with Gasteiger partial charge in [-0.3, -0.25) is 0 Å². The van der Waals surface area contributed by atoms with Crippen molar-refractivity contribution in [2.45, 2.75) is 48.0 Å². The minimum atomic E-state index is -0.169. The fraction of sp³-hybridized carbons (Fsp3) is 0.800. The van der Waals surface area contributed by atoms with Gasteiger partial charge in [0.1, 0.15) is 0 Å².